The second kappa shape index (κ2) is 5.83. The maximum atomic E-state index is 11.4. The Hall–Kier alpha value is -1.89. The maximum absolute atomic E-state index is 11.4. The molecule has 0 rings (SSSR count). The first-order chi connectivity index (χ1) is 8.52. The van der Waals surface area contributed by atoms with E-state index < -0.39 is 27.9 Å². The Labute approximate surface area is 111 Å². The number of carboxylic acid groups (broad SMARTS) is 2. The number of carboxylic acids is 2. The molecule has 0 aliphatic carbocycles. The average molecular weight is 274 g/mol. The van der Waals surface area contributed by atoms with Gasteiger partial charge in [-0.1, -0.05) is 13.5 Å². The molecule has 2 N–H and O–H groups in total. The number of hydrogen-bond acceptors (Lipinski definition) is 4. The Balaban J connectivity index is 5.32. The van der Waals surface area contributed by atoms with E-state index in [2.05, 4.69) is 6.58 Å². The molecule has 0 aromatic heterocycles. The van der Waals surface area contributed by atoms with Gasteiger partial charge in [-0.2, -0.15) is 0 Å². The molecule has 0 saturated heterocycles. The number of hydrogen-bond donors (Lipinski definition) is 2. The van der Waals surface area contributed by atoms with Gasteiger partial charge in [-0.05, 0) is 6.92 Å². The molecule has 0 spiro atoms. The summed E-state index contributed by atoms with van der Waals surface area (Å²) in [6.07, 6.45) is -0.144. The van der Waals surface area contributed by atoms with Gasteiger partial charge >= 0.3 is 17.9 Å². The van der Waals surface area contributed by atoms with Crippen LogP contribution in [0.3, 0.4) is 0 Å². The lowest BCUT2D eigenvalue weighted by Gasteiger charge is -2.41. The molecule has 0 radical (unpaired) electrons. The molecule has 0 heterocycles. The lowest BCUT2D eigenvalue weighted by atomic mass is 9.92. The maximum Gasteiger partial charge on any atom is 0.378 e. The molecule has 0 aliphatic rings. The molecule has 0 aromatic rings. The number of nitrogens with zero attached hydrogens (tertiary/aromatic N) is 1. The summed E-state index contributed by atoms with van der Waals surface area (Å²) in [5.74, 6) is -3.63. The number of likely N-dealkylation sites (N-methyl/N-ethyl adjacent to an activating group) is 1. The zero-order valence-corrected chi connectivity index (χ0v) is 11.6. The van der Waals surface area contributed by atoms with E-state index in [-0.39, 0.29) is 18.7 Å². The van der Waals surface area contributed by atoms with Crippen LogP contribution < -0.4 is 0 Å². The summed E-state index contributed by atoms with van der Waals surface area (Å²) >= 11 is 0. The molecule has 0 aliphatic heterocycles. The number of ether oxygens (including phenoxy) is 1. The minimum atomic E-state index is -2.07. The van der Waals surface area contributed by atoms with Crippen molar-refractivity contribution in [3.8, 4) is 0 Å². The molecule has 0 aromatic carbocycles. The third kappa shape index (κ3) is 3.11. The van der Waals surface area contributed by atoms with Crippen LogP contribution >= 0.6 is 0 Å². The fraction of sp³-hybridized carbons (Fsp3) is 0.583. The predicted octanol–water partition coefficient (Wildman–Crippen LogP) is 0.458. The van der Waals surface area contributed by atoms with Crippen LogP contribution in [0.25, 0.3) is 0 Å². The van der Waals surface area contributed by atoms with Crippen molar-refractivity contribution in [2.24, 2.45) is 0 Å². The number of aliphatic carboxylic acids is 2. The lowest BCUT2D eigenvalue weighted by Crippen LogP contribution is -2.68. The highest BCUT2D eigenvalue weighted by atomic mass is 16.5. The van der Waals surface area contributed by atoms with Gasteiger partial charge in [0.2, 0.25) is 6.73 Å². The highest BCUT2D eigenvalue weighted by molar-refractivity contribution is 6.01. The first kappa shape index (κ1) is 17.1. The zero-order chi connectivity index (χ0) is 15.4. The van der Waals surface area contributed by atoms with Gasteiger partial charge in [-0.3, -0.25) is 4.48 Å². The van der Waals surface area contributed by atoms with Gasteiger partial charge < -0.3 is 14.9 Å². The van der Waals surface area contributed by atoms with Crippen LogP contribution in [0.2, 0.25) is 0 Å². The van der Waals surface area contributed by atoms with E-state index in [1.807, 2.05) is 0 Å². The van der Waals surface area contributed by atoms with Gasteiger partial charge in [0.1, 0.15) is 0 Å². The predicted molar refractivity (Wildman–Crippen MR) is 66.2 cm³/mol. The van der Waals surface area contributed by atoms with E-state index in [9.17, 15) is 24.6 Å². The molecule has 0 atom stereocenters. The van der Waals surface area contributed by atoms with Crippen molar-refractivity contribution in [2.75, 3.05) is 20.8 Å². The molecule has 108 valence electrons. The van der Waals surface area contributed by atoms with Crippen molar-refractivity contribution < 1.29 is 33.8 Å². The molecule has 0 saturated carbocycles. The minimum Gasteiger partial charge on any atom is -0.476 e. The van der Waals surface area contributed by atoms with Crippen molar-refractivity contribution in [3.05, 3.63) is 12.2 Å². The van der Waals surface area contributed by atoms with Gasteiger partial charge in [0, 0.05) is 12.0 Å². The third-order valence-electron chi connectivity index (χ3n) is 3.12. The van der Waals surface area contributed by atoms with Crippen LogP contribution in [0.4, 0.5) is 0 Å². The first-order valence-electron chi connectivity index (χ1n) is 5.65. The number of esters is 1. The number of rotatable bonds is 7. The van der Waals surface area contributed by atoms with E-state index >= 15 is 0 Å². The number of quaternary nitrogens is 1. The van der Waals surface area contributed by atoms with E-state index in [1.165, 1.54) is 27.9 Å². The highest BCUT2D eigenvalue weighted by Crippen LogP contribution is 2.26. The van der Waals surface area contributed by atoms with E-state index in [4.69, 9.17) is 4.74 Å². The average Bonchev–Trinajstić information content (AvgIpc) is 2.25. The molecule has 0 bridgehead atoms. The van der Waals surface area contributed by atoms with Crippen LogP contribution in [0.5, 0.6) is 0 Å². The Kier molecular flexibility index (Phi) is 5.25. The fourth-order valence-corrected chi connectivity index (χ4v) is 1.79. The molecular formula is C12H20NO6+. The summed E-state index contributed by atoms with van der Waals surface area (Å²) in [5, 5.41) is 18.5. The first-order valence-corrected chi connectivity index (χ1v) is 5.65. The van der Waals surface area contributed by atoms with E-state index in [1.54, 1.807) is 0 Å². The molecule has 0 unspecified atom stereocenters. The summed E-state index contributed by atoms with van der Waals surface area (Å²) in [6.45, 7) is 5.93. The molecule has 0 fully saturated rings. The van der Waals surface area contributed by atoms with Crippen molar-refractivity contribution >= 4 is 17.9 Å². The summed E-state index contributed by atoms with van der Waals surface area (Å²) in [4.78, 5) is 34.0. The van der Waals surface area contributed by atoms with E-state index in [0.29, 0.717) is 0 Å². The smallest absolute Gasteiger partial charge is 0.378 e. The molecule has 0 amide bonds. The van der Waals surface area contributed by atoms with Gasteiger partial charge in [-0.25, -0.2) is 14.4 Å². The van der Waals surface area contributed by atoms with Crippen LogP contribution in [-0.4, -0.2) is 59.0 Å². The Morgan fingerprint density at radius 2 is 1.63 bits per heavy atom. The Bertz CT molecular complexity index is 398. The van der Waals surface area contributed by atoms with Gasteiger partial charge in [0.25, 0.3) is 5.54 Å². The number of carbonyl (C=O) groups excluding carboxylic acids is 1. The van der Waals surface area contributed by atoms with E-state index in [0.717, 1.165) is 0 Å². The number of carbonyl (C=O) groups is 3. The van der Waals surface area contributed by atoms with Crippen molar-refractivity contribution in [1.82, 2.24) is 0 Å². The Morgan fingerprint density at radius 1 is 1.21 bits per heavy atom. The summed E-state index contributed by atoms with van der Waals surface area (Å²) in [6, 6.07) is 0. The molecule has 7 nitrogen and oxygen atoms in total. The van der Waals surface area contributed by atoms with Crippen molar-refractivity contribution in [3.63, 3.8) is 0 Å². The normalized spacial score (nSPS) is 11.8. The van der Waals surface area contributed by atoms with Gasteiger partial charge in [0.15, 0.2) is 0 Å². The van der Waals surface area contributed by atoms with Crippen LogP contribution in [-0.2, 0) is 19.1 Å². The summed E-state index contributed by atoms with van der Waals surface area (Å²) < 4.78 is 4.36. The second-order valence-electron chi connectivity index (χ2n) is 4.85. The molecule has 19 heavy (non-hydrogen) atoms. The summed E-state index contributed by atoms with van der Waals surface area (Å²) in [7, 11) is 2.77. The van der Waals surface area contributed by atoms with Crippen LogP contribution in [0.15, 0.2) is 12.2 Å². The molecular weight excluding hydrogens is 254 g/mol. The zero-order valence-electron chi connectivity index (χ0n) is 11.6. The SMILES string of the molecule is C=C(C)C(=O)OC[N+](C)(C)C(CC)(C(=O)O)C(=O)O. The minimum absolute atomic E-state index is 0.144. The lowest BCUT2D eigenvalue weighted by molar-refractivity contribution is -0.938. The third-order valence-corrected chi connectivity index (χ3v) is 3.12. The highest BCUT2D eigenvalue weighted by Gasteiger charge is 2.59. The summed E-state index contributed by atoms with van der Waals surface area (Å²) in [5.41, 5.74) is -1.91. The van der Waals surface area contributed by atoms with Crippen LogP contribution in [0, 0.1) is 0 Å². The van der Waals surface area contributed by atoms with Crippen molar-refractivity contribution in [1.29, 1.82) is 0 Å². The standard InChI is InChI=1S/C12H19NO6/c1-6-12(10(15)16,11(17)18)13(4,5)7-19-9(14)8(2)3/h2,6-7H2,1,3-5H3,(H-,15,16,17,18)/p+1. The van der Waals surface area contributed by atoms with Gasteiger partial charge in [0.05, 0.1) is 14.1 Å². The van der Waals surface area contributed by atoms with Crippen LogP contribution in [0.1, 0.15) is 20.3 Å². The molecule has 7 heteroatoms. The quantitative estimate of drug-likeness (QED) is 0.230. The fourth-order valence-electron chi connectivity index (χ4n) is 1.79. The second-order valence-corrected chi connectivity index (χ2v) is 4.85. The monoisotopic (exact) mass is 274 g/mol. The topological polar surface area (TPSA) is 101 Å². The van der Waals surface area contributed by atoms with Gasteiger partial charge in [-0.15, -0.1) is 0 Å². The van der Waals surface area contributed by atoms with Crippen molar-refractivity contribution in [2.45, 2.75) is 25.8 Å². The Morgan fingerprint density at radius 3 is 1.89 bits per heavy atom. The largest absolute Gasteiger partial charge is 0.476 e.